The van der Waals surface area contributed by atoms with E-state index in [4.69, 9.17) is 0 Å². The van der Waals surface area contributed by atoms with Crippen LogP contribution in [0.1, 0.15) is 5.82 Å². The predicted molar refractivity (Wildman–Crippen MR) is 39.7 cm³/mol. The summed E-state index contributed by atoms with van der Waals surface area (Å²) in [4.78, 5) is 3.72. The van der Waals surface area contributed by atoms with Gasteiger partial charge in [-0.05, 0) is 12.2 Å². The van der Waals surface area contributed by atoms with Gasteiger partial charge in [0.25, 0.3) is 0 Å². The first-order valence-electron chi connectivity index (χ1n) is 2.71. The van der Waals surface area contributed by atoms with Crippen LogP contribution in [0.5, 0.6) is 0 Å². The van der Waals surface area contributed by atoms with Crippen molar-refractivity contribution in [2.24, 2.45) is 12.0 Å². The minimum Gasteiger partial charge on any atom is -0.319 e. The highest BCUT2D eigenvalue weighted by atomic mass is 32.1. The third-order valence-corrected chi connectivity index (χ3v) is 1.22. The first-order chi connectivity index (χ1) is 4.84. The number of rotatable bonds is 2. The molecule has 1 aromatic heterocycles. The van der Waals surface area contributed by atoms with E-state index in [0.717, 1.165) is 5.82 Å². The summed E-state index contributed by atoms with van der Waals surface area (Å²) in [7, 11) is 1.86. The van der Waals surface area contributed by atoms with E-state index in [1.807, 2.05) is 7.05 Å². The van der Waals surface area contributed by atoms with Gasteiger partial charge >= 0.3 is 0 Å². The highest BCUT2D eigenvalue weighted by Gasteiger charge is 1.95. The van der Waals surface area contributed by atoms with Crippen LogP contribution in [0, 0.1) is 0 Å². The van der Waals surface area contributed by atoms with Crippen LogP contribution in [-0.2, 0) is 13.6 Å². The van der Waals surface area contributed by atoms with E-state index in [0.29, 0.717) is 6.54 Å². The zero-order valence-electron chi connectivity index (χ0n) is 5.48. The van der Waals surface area contributed by atoms with Crippen molar-refractivity contribution in [3.05, 3.63) is 12.2 Å². The molecule has 0 N–H and O–H groups in total. The van der Waals surface area contributed by atoms with Gasteiger partial charge in [-0.15, -0.1) is 10.2 Å². The molecule has 1 rings (SSSR count). The maximum atomic E-state index is 4.39. The number of hydrogen-bond donors (Lipinski definition) is 0. The van der Waals surface area contributed by atoms with E-state index < -0.39 is 0 Å². The molecule has 0 aliphatic rings. The molecule has 1 heterocycles. The Morgan fingerprint density at radius 2 is 2.70 bits per heavy atom. The molecule has 0 spiro atoms. The average molecular weight is 154 g/mol. The van der Waals surface area contributed by atoms with E-state index in [-0.39, 0.29) is 0 Å². The van der Waals surface area contributed by atoms with Crippen LogP contribution in [0.4, 0.5) is 0 Å². The number of thiocarbonyl (C=S) groups is 1. The Morgan fingerprint density at radius 1 is 1.90 bits per heavy atom. The van der Waals surface area contributed by atoms with E-state index in [1.165, 1.54) is 0 Å². The second-order valence-corrected chi connectivity index (χ2v) is 1.95. The van der Waals surface area contributed by atoms with Crippen molar-refractivity contribution >= 4 is 17.4 Å². The van der Waals surface area contributed by atoms with Crippen LogP contribution in [0.25, 0.3) is 0 Å². The molecule has 0 fully saturated rings. The standard InChI is InChI=1S/C5H6N4S/c1-9-3-7-8-5(9)2-6-4-10/h3H,2H2,1H3. The van der Waals surface area contributed by atoms with Crippen molar-refractivity contribution in [3.63, 3.8) is 0 Å². The summed E-state index contributed by atoms with van der Waals surface area (Å²) in [5.74, 6) is 0.789. The van der Waals surface area contributed by atoms with E-state index >= 15 is 0 Å². The molecule has 0 atom stereocenters. The first kappa shape index (κ1) is 7.05. The molecular formula is C5H6N4S. The third-order valence-electron chi connectivity index (χ3n) is 1.09. The van der Waals surface area contributed by atoms with Gasteiger partial charge in [0.05, 0.1) is 5.16 Å². The fourth-order valence-corrected chi connectivity index (χ4v) is 0.618. The molecule has 0 saturated heterocycles. The summed E-state index contributed by atoms with van der Waals surface area (Å²) in [6, 6.07) is 0. The van der Waals surface area contributed by atoms with Gasteiger partial charge in [0, 0.05) is 7.05 Å². The maximum absolute atomic E-state index is 4.39. The van der Waals surface area contributed by atoms with Crippen LogP contribution in [0.15, 0.2) is 11.3 Å². The highest BCUT2D eigenvalue weighted by molar-refractivity contribution is 7.78. The number of aliphatic imine (C=N–C) groups is 1. The van der Waals surface area contributed by atoms with Gasteiger partial charge < -0.3 is 4.57 Å². The summed E-state index contributed by atoms with van der Waals surface area (Å²) in [5.41, 5.74) is 0. The zero-order chi connectivity index (χ0) is 7.40. The van der Waals surface area contributed by atoms with Gasteiger partial charge in [0.15, 0.2) is 5.82 Å². The van der Waals surface area contributed by atoms with Gasteiger partial charge in [-0.3, -0.25) is 0 Å². The Balaban J connectivity index is 2.74. The second kappa shape index (κ2) is 3.20. The lowest BCUT2D eigenvalue weighted by Gasteiger charge is -1.90. The van der Waals surface area contributed by atoms with Crippen LogP contribution < -0.4 is 0 Å². The molecule has 0 radical (unpaired) electrons. The SMILES string of the molecule is Cn1cnnc1CN=C=S. The van der Waals surface area contributed by atoms with Crippen LogP contribution >= 0.6 is 12.2 Å². The Bertz CT molecular complexity index is 260. The second-order valence-electron chi connectivity index (χ2n) is 1.77. The summed E-state index contributed by atoms with van der Waals surface area (Å²) in [6.45, 7) is 0.458. The summed E-state index contributed by atoms with van der Waals surface area (Å²) < 4.78 is 1.79. The molecule has 52 valence electrons. The minimum atomic E-state index is 0.458. The van der Waals surface area contributed by atoms with E-state index in [1.54, 1.807) is 10.9 Å². The number of isothiocyanates is 1. The number of hydrogen-bond acceptors (Lipinski definition) is 4. The van der Waals surface area contributed by atoms with Crippen LogP contribution in [-0.4, -0.2) is 19.9 Å². The minimum absolute atomic E-state index is 0.458. The van der Waals surface area contributed by atoms with Crippen molar-refractivity contribution in [1.29, 1.82) is 0 Å². The van der Waals surface area contributed by atoms with Gasteiger partial charge in [-0.1, -0.05) is 0 Å². The van der Waals surface area contributed by atoms with Crippen molar-refractivity contribution in [1.82, 2.24) is 14.8 Å². The molecule has 0 amide bonds. The zero-order valence-corrected chi connectivity index (χ0v) is 6.30. The topological polar surface area (TPSA) is 43.1 Å². The number of nitrogens with zero attached hydrogens (tertiary/aromatic N) is 4. The lowest BCUT2D eigenvalue weighted by atomic mass is 10.6. The molecule has 0 aliphatic carbocycles. The molecule has 0 unspecified atom stereocenters. The molecule has 0 aromatic carbocycles. The molecule has 10 heavy (non-hydrogen) atoms. The Hall–Kier alpha value is -1.06. The van der Waals surface area contributed by atoms with Gasteiger partial charge in [-0.25, -0.2) is 4.99 Å². The quantitative estimate of drug-likeness (QED) is 0.458. The maximum Gasteiger partial charge on any atom is 0.155 e. The molecule has 5 heteroatoms. The molecule has 0 aliphatic heterocycles. The smallest absolute Gasteiger partial charge is 0.155 e. The Morgan fingerprint density at radius 3 is 3.20 bits per heavy atom. The first-order valence-corrected chi connectivity index (χ1v) is 3.12. The normalized spacial score (nSPS) is 8.90. The van der Waals surface area contributed by atoms with Crippen molar-refractivity contribution in [3.8, 4) is 0 Å². The lowest BCUT2D eigenvalue weighted by molar-refractivity contribution is 0.796. The Kier molecular flexibility index (Phi) is 2.25. The molecule has 0 saturated carbocycles. The lowest BCUT2D eigenvalue weighted by Crippen LogP contribution is -1.94. The number of aromatic nitrogens is 3. The summed E-state index contributed by atoms with van der Waals surface area (Å²) >= 11 is 4.39. The van der Waals surface area contributed by atoms with Gasteiger partial charge in [0.1, 0.15) is 12.9 Å². The van der Waals surface area contributed by atoms with E-state index in [2.05, 4.69) is 32.6 Å². The molecule has 4 nitrogen and oxygen atoms in total. The number of aryl methyl sites for hydroxylation is 1. The predicted octanol–water partition coefficient (Wildman–Crippen LogP) is 0.418. The molecular weight excluding hydrogens is 148 g/mol. The molecule has 1 aromatic rings. The van der Waals surface area contributed by atoms with Gasteiger partial charge in [0.2, 0.25) is 0 Å². The average Bonchev–Trinajstić information content (AvgIpc) is 2.31. The summed E-state index contributed by atoms with van der Waals surface area (Å²) in [5, 5.41) is 9.71. The van der Waals surface area contributed by atoms with E-state index in [9.17, 15) is 0 Å². The van der Waals surface area contributed by atoms with Gasteiger partial charge in [-0.2, -0.15) is 0 Å². The fourth-order valence-electron chi connectivity index (χ4n) is 0.553. The highest BCUT2D eigenvalue weighted by Crippen LogP contribution is 1.91. The van der Waals surface area contributed by atoms with Crippen molar-refractivity contribution in [2.75, 3.05) is 0 Å². The fraction of sp³-hybridized carbons (Fsp3) is 0.400. The monoisotopic (exact) mass is 154 g/mol. The largest absolute Gasteiger partial charge is 0.319 e. The molecule has 0 bridgehead atoms. The third kappa shape index (κ3) is 1.46. The van der Waals surface area contributed by atoms with Crippen molar-refractivity contribution in [2.45, 2.75) is 6.54 Å². The van der Waals surface area contributed by atoms with Crippen LogP contribution in [0.3, 0.4) is 0 Å². The summed E-state index contributed by atoms with van der Waals surface area (Å²) in [6.07, 6.45) is 1.62. The van der Waals surface area contributed by atoms with Crippen molar-refractivity contribution < 1.29 is 0 Å². The van der Waals surface area contributed by atoms with Crippen LogP contribution in [0.2, 0.25) is 0 Å². The Labute approximate surface area is 63.6 Å².